The van der Waals surface area contributed by atoms with E-state index in [4.69, 9.17) is 24.2 Å². The molecule has 2 aromatic carbocycles. The minimum Gasteiger partial charge on any atom is -0.490 e. The Morgan fingerprint density at radius 1 is 0.814 bits per heavy atom. The Morgan fingerprint density at radius 3 is 2.19 bits per heavy atom. The zero-order chi connectivity index (χ0) is 29.7. The standard InChI is InChI=1S/C34H51N5O3.CH4/c1-6-21-40-30-18-15-26(31(41-22-7-2)32(30)42-23-8-3)24-35-20-19-25-13-16-27(17-14-25)36-34-37-29-12-10-9-11-28(29)33(38-34)39(4)5;/h9-12,15,18,25,27,35H,6-8,13-14,16-17,19-24H2,1-5H3,(H,36,37,38);1H4. The highest BCUT2D eigenvalue weighted by Gasteiger charge is 2.23. The van der Waals surface area contributed by atoms with Gasteiger partial charge in [0.05, 0.1) is 25.3 Å². The SMILES string of the molecule is C.CCCOc1ccc(CNCCC2CCC(Nc3nc(N(C)C)c4ccccc4n3)CC2)c(OCCC)c1OCCC. The predicted octanol–water partition coefficient (Wildman–Crippen LogP) is 7.85. The number of nitrogens with zero attached hydrogens (tertiary/aromatic N) is 3. The Balaban J connectivity index is 0.00000506. The zero-order valence-corrected chi connectivity index (χ0v) is 26.4. The van der Waals surface area contributed by atoms with Crippen molar-refractivity contribution < 1.29 is 14.2 Å². The fourth-order valence-electron chi connectivity index (χ4n) is 5.53. The summed E-state index contributed by atoms with van der Waals surface area (Å²) in [4.78, 5) is 11.7. The summed E-state index contributed by atoms with van der Waals surface area (Å²) >= 11 is 0. The van der Waals surface area contributed by atoms with Crippen LogP contribution in [0.1, 0.15) is 85.1 Å². The highest BCUT2D eigenvalue weighted by Crippen LogP contribution is 2.41. The van der Waals surface area contributed by atoms with Gasteiger partial charge in [0.2, 0.25) is 11.7 Å². The van der Waals surface area contributed by atoms with E-state index in [1.165, 1.54) is 19.3 Å². The molecule has 1 saturated carbocycles. The molecule has 43 heavy (non-hydrogen) atoms. The van der Waals surface area contributed by atoms with Crippen LogP contribution in [-0.4, -0.2) is 56.5 Å². The first-order valence-electron chi connectivity index (χ1n) is 16.0. The van der Waals surface area contributed by atoms with Gasteiger partial charge in [-0.05, 0) is 82.0 Å². The third-order valence-electron chi connectivity index (χ3n) is 7.75. The number of anilines is 2. The van der Waals surface area contributed by atoms with Crippen LogP contribution in [0.25, 0.3) is 10.9 Å². The van der Waals surface area contributed by atoms with Crippen molar-refractivity contribution in [2.24, 2.45) is 5.92 Å². The van der Waals surface area contributed by atoms with Crippen LogP contribution in [0.5, 0.6) is 17.2 Å². The van der Waals surface area contributed by atoms with Crippen molar-refractivity contribution in [3.63, 3.8) is 0 Å². The maximum atomic E-state index is 6.22. The Labute approximate surface area is 259 Å². The van der Waals surface area contributed by atoms with E-state index in [0.29, 0.717) is 25.9 Å². The second kappa shape index (κ2) is 17.8. The average Bonchev–Trinajstić information content (AvgIpc) is 3.01. The van der Waals surface area contributed by atoms with Crippen LogP contribution in [-0.2, 0) is 6.54 Å². The molecule has 1 heterocycles. The van der Waals surface area contributed by atoms with Gasteiger partial charge < -0.3 is 29.7 Å². The zero-order valence-electron chi connectivity index (χ0n) is 26.4. The van der Waals surface area contributed by atoms with E-state index in [2.05, 4.69) is 54.5 Å². The number of rotatable bonds is 17. The summed E-state index contributed by atoms with van der Waals surface area (Å²) in [5, 5.41) is 8.40. The highest BCUT2D eigenvalue weighted by molar-refractivity contribution is 5.90. The Morgan fingerprint density at radius 2 is 1.49 bits per heavy atom. The molecule has 0 atom stereocenters. The first-order valence-corrected chi connectivity index (χ1v) is 16.0. The molecule has 0 unspecified atom stereocenters. The van der Waals surface area contributed by atoms with Crippen molar-refractivity contribution in [3.05, 3.63) is 42.0 Å². The van der Waals surface area contributed by atoms with E-state index in [9.17, 15) is 0 Å². The molecule has 0 bridgehead atoms. The summed E-state index contributed by atoms with van der Waals surface area (Å²) in [5.74, 6) is 4.77. The molecule has 0 saturated heterocycles. The van der Waals surface area contributed by atoms with Gasteiger partial charge >= 0.3 is 0 Å². The lowest BCUT2D eigenvalue weighted by Gasteiger charge is -2.29. The summed E-state index contributed by atoms with van der Waals surface area (Å²) in [7, 11) is 4.07. The number of para-hydroxylation sites is 1. The van der Waals surface area contributed by atoms with E-state index in [1.807, 2.05) is 32.3 Å². The van der Waals surface area contributed by atoms with Gasteiger partial charge in [0.25, 0.3) is 0 Å². The average molecular weight is 594 g/mol. The summed E-state index contributed by atoms with van der Waals surface area (Å²) in [5.41, 5.74) is 2.10. The molecule has 4 rings (SSSR count). The molecule has 0 amide bonds. The summed E-state index contributed by atoms with van der Waals surface area (Å²) in [6.07, 6.45) is 8.73. The van der Waals surface area contributed by atoms with Crippen molar-refractivity contribution >= 4 is 22.7 Å². The third kappa shape index (κ3) is 9.62. The summed E-state index contributed by atoms with van der Waals surface area (Å²) in [6, 6.07) is 12.8. The van der Waals surface area contributed by atoms with Crippen molar-refractivity contribution in [1.29, 1.82) is 0 Å². The Bertz CT molecular complexity index is 1240. The van der Waals surface area contributed by atoms with Crippen molar-refractivity contribution in [2.45, 2.75) is 92.2 Å². The highest BCUT2D eigenvalue weighted by atomic mass is 16.5. The third-order valence-corrected chi connectivity index (χ3v) is 7.75. The number of aromatic nitrogens is 2. The Kier molecular flexibility index (Phi) is 14.1. The number of benzene rings is 2. The second-order valence-electron chi connectivity index (χ2n) is 11.5. The van der Waals surface area contributed by atoms with Crippen molar-refractivity contribution in [1.82, 2.24) is 15.3 Å². The number of nitrogens with one attached hydrogen (secondary N) is 2. The fraction of sp³-hybridized carbons (Fsp3) is 0.600. The normalized spacial score (nSPS) is 16.4. The summed E-state index contributed by atoms with van der Waals surface area (Å²) in [6.45, 7) is 10.1. The topological polar surface area (TPSA) is 80.8 Å². The van der Waals surface area contributed by atoms with Crippen LogP contribution < -0.4 is 29.7 Å². The molecule has 0 radical (unpaired) electrons. The van der Waals surface area contributed by atoms with Gasteiger partial charge in [-0.3, -0.25) is 0 Å². The molecular formula is C35H55N5O3. The summed E-state index contributed by atoms with van der Waals surface area (Å²) < 4.78 is 18.4. The molecule has 0 aliphatic heterocycles. The molecule has 1 aliphatic rings. The largest absolute Gasteiger partial charge is 0.490 e. The number of hydrogen-bond donors (Lipinski definition) is 2. The minimum atomic E-state index is 0. The lowest BCUT2D eigenvalue weighted by molar-refractivity contribution is 0.241. The quantitative estimate of drug-likeness (QED) is 0.153. The Hall–Kier alpha value is -3.26. The van der Waals surface area contributed by atoms with Crippen molar-refractivity contribution in [2.75, 3.05) is 50.7 Å². The first kappa shape index (κ1) is 34.2. The molecule has 238 valence electrons. The monoisotopic (exact) mass is 593 g/mol. The number of hydrogen-bond acceptors (Lipinski definition) is 8. The lowest BCUT2D eigenvalue weighted by Crippen LogP contribution is -2.28. The molecule has 0 spiro atoms. The van der Waals surface area contributed by atoms with Gasteiger partial charge in [0, 0.05) is 37.6 Å². The van der Waals surface area contributed by atoms with E-state index in [0.717, 1.165) is 96.6 Å². The molecular weight excluding hydrogens is 538 g/mol. The molecule has 1 aliphatic carbocycles. The van der Waals surface area contributed by atoms with E-state index < -0.39 is 0 Å². The van der Waals surface area contributed by atoms with Crippen LogP contribution in [0.15, 0.2) is 36.4 Å². The predicted molar refractivity (Wildman–Crippen MR) is 180 cm³/mol. The molecule has 1 fully saturated rings. The number of fused-ring (bicyclic) bond motifs is 1. The van der Waals surface area contributed by atoms with E-state index in [-0.39, 0.29) is 7.43 Å². The molecule has 2 N–H and O–H groups in total. The maximum Gasteiger partial charge on any atom is 0.225 e. The van der Waals surface area contributed by atoms with Gasteiger partial charge in [0.1, 0.15) is 5.82 Å². The molecule has 1 aromatic heterocycles. The van der Waals surface area contributed by atoms with Crippen LogP contribution in [0.2, 0.25) is 0 Å². The van der Waals surface area contributed by atoms with Crippen LogP contribution >= 0.6 is 0 Å². The van der Waals surface area contributed by atoms with Gasteiger partial charge in [-0.2, -0.15) is 4.98 Å². The smallest absolute Gasteiger partial charge is 0.225 e. The molecule has 3 aromatic rings. The molecule has 8 nitrogen and oxygen atoms in total. The fourth-order valence-corrected chi connectivity index (χ4v) is 5.53. The van der Waals surface area contributed by atoms with Crippen LogP contribution in [0.3, 0.4) is 0 Å². The van der Waals surface area contributed by atoms with Gasteiger partial charge in [-0.15, -0.1) is 0 Å². The van der Waals surface area contributed by atoms with Gasteiger partial charge in [0.15, 0.2) is 11.5 Å². The maximum absolute atomic E-state index is 6.22. The second-order valence-corrected chi connectivity index (χ2v) is 11.5. The van der Waals surface area contributed by atoms with E-state index >= 15 is 0 Å². The first-order chi connectivity index (χ1) is 20.5. The van der Waals surface area contributed by atoms with Crippen LogP contribution in [0.4, 0.5) is 11.8 Å². The van der Waals surface area contributed by atoms with Crippen LogP contribution in [0, 0.1) is 5.92 Å². The minimum absolute atomic E-state index is 0. The molecule has 8 heteroatoms. The van der Waals surface area contributed by atoms with Gasteiger partial charge in [-0.1, -0.05) is 46.4 Å². The number of ether oxygens (including phenoxy) is 3. The lowest BCUT2D eigenvalue weighted by atomic mass is 9.84. The van der Waals surface area contributed by atoms with Gasteiger partial charge in [-0.25, -0.2) is 4.98 Å². The van der Waals surface area contributed by atoms with Crippen molar-refractivity contribution in [3.8, 4) is 17.2 Å². The van der Waals surface area contributed by atoms with E-state index in [1.54, 1.807) is 0 Å².